The fraction of sp³-hybridized carbons (Fsp3) is 0.391. The number of halogens is 4. The van der Waals surface area contributed by atoms with Crippen molar-refractivity contribution in [2.45, 2.75) is 12.6 Å². The van der Waals surface area contributed by atoms with Gasteiger partial charge in [-0.2, -0.15) is 13.2 Å². The van der Waals surface area contributed by atoms with E-state index in [1.807, 2.05) is 12.1 Å². The van der Waals surface area contributed by atoms with Crippen LogP contribution >= 0.6 is 23.7 Å². The van der Waals surface area contributed by atoms with E-state index in [0.29, 0.717) is 42.6 Å². The number of carbonyl (C=O) groups is 1. The molecule has 0 saturated carbocycles. The molecule has 2 aromatic carbocycles. The Labute approximate surface area is 205 Å². The van der Waals surface area contributed by atoms with E-state index in [1.54, 1.807) is 18.1 Å². The highest BCUT2D eigenvalue weighted by Crippen LogP contribution is 2.33. The van der Waals surface area contributed by atoms with Gasteiger partial charge in [-0.15, -0.1) is 12.4 Å². The Hall–Kier alpha value is -2.40. The first-order chi connectivity index (χ1) is 15.8. The molecule has 4 rings (SSSR count). The zero-order valence-corrected chi connectivity index (χ0v) is 20.1. The Bertz CT molecular complexity index is 1100. The quantitative estimate of drug-likeness (QED) is 0.437. The molecule has 1 saturated heterocycles. The minimum absolute atomic E-state index is 0. The average Bonchev–Trinajstić information content (AvgIpc) is 3.24. The summed E-state index contributed by atoms with van der Waals surface area (Å²) in [4.78, 5) is 21.8. The predicted octanol–water partition coefficient (Wildman–Crippen LogP) is 5.11. The number of benzene rings is 2. The molecule has 34 heavy (non-hydrogen) atoms. The number of anilines is 1. The summed E-state index contributed by atoms with van der Waals surface area (Å²) in [6, 6.07) is 9.80. The number of hydrogen-bond acceptors (Lipinski definition) is 6. The number of thiazole rings is 1. The minimum atomic E-state index is -4.45. The lowest BCUT2D eigenvalue weighted by Gasteiger charge is -2.27. The number of hydrogen-bond donors (Lipinski definition) is 0. The van der Waals surface area contributed by atoms with E-state index in [9.17, 15) is 18.0 Å². The minimum Gasteiger partial charge on any atom is -0.497 e. The van der Waals surface area contributed by atoms with Gasteiger partial charge in [0.05, 0.1) is 36.1 Å². The zero-order valence-electron chi connectivity index (χ0n) is 18.5. The Balaban J connectivity index is 0.00000324. The van der Waals surface area contributed by atoms with Crippen LogP contribution in [0, 0.1) is 0 Å². The number of alkyl halides is 3. The lowest BCUT2D eigenvalue weighted by atomic mass is 10.1. The zero-order chi connectivity index (χ0) is 23.4. The fourth-order valence-electron chi connectivity index (χ4n) is 3.66. The molecule has 1 aromatic heterocycles. The third-order valence-corrected chi connectivity index (χ3v) is 6.54. The maximum Gasteiger partial charge on any atom is 0.416 e. The van der Waals surface area contributed by atoms with Crippen LogP contribution in [-0.2, 0) is 10.9 Å². The number of amides is 1. The molecular formula is C23H25ClF3N3O3S. The van der Waals surface area contributed by atoms with Crippen LogP contribution in [0.3, 0.4) is 0 Å². The largest absolute Gasteiger partial charge is 0.497 e. The van der Waals surface area contributed by atoms with Gasteiger partial charge >= 0.3 is 6.18 Å². The normalized spacial score (nSPS) is 14.6. The Morgan fingerprint density at radius 2 is 1.88 bits per heavy atom. The van der Waals surface area contributed by atoms with Gasteiger partial charge < -0.3 is 9.47 Å². The van der Waals surface area contributed by atoms with Crippen molar-refractivity contribution >= 4 is 45.0 Å². The Morgan fingerprint density at radius 1 is 1.18 bits per heavy atom. The fourth-order valence-corrected chi connectivity index (χ4v) is 4.63. The van der Waals surface area contributed by atoms with Crippen LogP contribution in [0.15, 0.2) is 42.5 Å². The van der Waals surface area contributed by atoms with Gasteiger partial charge in [0.1, 0.15) is 5.75 Å². The van der Waals surface area contributed by atoms with Gasteiger partial charge in [-0.05, 0) is 42.8 Å². The van der Waals surface area contributed by atoms with Gasteiger partial charge in [-0.25, -0.2) is 4.98 Å². The summed E-state index contributed by atoms with van der Waals surface area (Å²) < 4.78 is 50.3. The molecule has 0 spiro atoms. The van der Waals surface area contributed by atoms with Crippen molar-refractivity contribution in [3.63, 3.8) is 0 Å². The standard InChI is InChI=1S/C23H24F3N3O3S.ClH/c1-31-18-7-8-20-19(15-18)27-22(33-20)29(10-2-9-28-11-13-32-14-12-28)21(30)16-3-5-17(6-4-16)23(24,25)26;/h3-8,15H,2,9-14H2,1H3;1H. The maximum atomic E-state index is 13.3. The monoisotopic (exact) mass is 515 g/mol. The summed E-state index contributed by atoms with van der Waals surface area (Å²) in [6.45, 7) is 4.25. The van der Waals surface area contributed by atoms with E-state index in [1.165, 1.54) is 23.5 Å². The van der Waals surface area contributed by atoms with Crippen LogP contribution in [-0.4, -0.2) is 62.3 Å². The van der Waals surface area contributed by atoms with Crippen LogP contribution in [0.5, 0.6) is 5.75 Å². The van der Waals surface area contributed by atoms with Crippen LogP contribution in [0.1, 0.15) is 22.3 Å². The molecule has 1 aliphatic heterocycles. The molecule has 1 aliphatic rings. The first kappa shape index (κ1) is 26.2. The Morgan fingerprint density at radius 3 is 2.53 bits per heavy atom. The molecule has 0 radical (unpaired) electrons. The maximum absolute atomic E-state index is 13.3. The van der Waals surface area contributed by atoms with Crippen molar-refractivity contribution in [3.8, 4) is 5.75 Å². The molecule has 1 amide bonds. The van der Waals surface area contributed by atoms with Gasteiger partial charge in [0.25, 0.3) is 5.91 Å². The first-order valence-electron chi connectivity index (χ1n) is 10.6. The van der Waals surface area contributed by atoms with Crippen molar-refractivity contribution in [2.75, 3.05) is 51.4 Å². The summed E-state index contributed by atoms with van der Waals surface area (Å²) in [6.07, 6.45) is -3.75. The summed E-state index contributed by atoms with van der Waals surface area (Å²) in [5.74, 6) is 0.281. The van der Waals surface area contributed by atoms with Gasteiger partial charge in [0, 0.05) is 37.8 Å². The lowest BCUT2D eigenvalue weighted by Crippen LogP contribution is -2.39. The molecule has 184 valence electrons. The second-order valence-corrected chi connectivity index (χ2v) is 8.68. The summed E-state index contributed by atoms with van der Waals surface area (Å²) in [7, 11) is 1.57. The van der Waals surface area contributed by atoms with Crippen LogP contribution in [0.25, 0.3) is 10.2 Å². The highest BCUT2D eigenvalue weighted by atomic mass is 35.5. The van der Waals surface area contributed by atoms with Crippen LogP contribution in [0.2, 0.25) is 0 Å². The second kappa shape index (κ2) is 11.4. The molecule has 11 heteroatoms. The highest BCUT2D eigenvalue weighted by Gasteiger charge is 2.31. The van der Waals surface area contributed by atoms with E-state index >= 15 is 0 Å². The molecule has 3 aromatic rings. The molecular weight excluding hydrogens is 491 g/mol. The molecule has 0 N–H and O–H groups in total. The number of methoxy groups -OCH3 is 1. The number of morpholine rings is 1. The van der Waals surface area contributed by atoms with Crippen molar-refractivity contribution in [2.24, 2.45) is 0 Å². The van der Waals surface area contributed by atoms with E-state index < -0.39 is 11.7 Å². The van der Waals surface area contributed by atoms with Crippen molar-refractivity contribution in [3.05, 3.63) is 53.6 Å². The summed E-state index contributed by atoms with van der Waals surface area (Å²) in [5.41, 5.74) is 0.101. The molecule has 0 bridgehead atoms. The van der Waals surface area contributed by atoms with Gasteiger partial charge in [0.2, 0.25) is 0 Å². The predicted molar refractivity (Wildman–Crippen MR) is 128 cm³/mol. The molecule has 0 aliphatic carbocycles. The number of nitrogens with zero attached hydrogens (tertiary/aromatic N) is 3. The van der Waals surface area contributed by atoms with E-state index in [2.05, 4.69) is 9.88 Å². The summed E-state index contributed by atoms with van der Waals surface area (Å²) >= 11 is 1.37. The van der Waals surface area contributed by atoms with E-state index in [0.717, 1.165) is 36.5 Å². The topological polar surface area (TPSA) is 54.9 Å². The van der Waals surface area contributed by atoms with Gasteiger partial charge in [-0.3, -0.25) is 14.6 Å². The number of ether oxygens (including phenoxy) is 2. The van der Waals surface area contributed by atoms with Crippen molar-refractivity contribution in [1.82, 2.24) is 9.88 Å². The number of rotatable bonds is 7. The second-order valence-electron chi connectivity index (χ2n) is 7.67. The molecule has 0 unspecified atom stereocenters. The molecule has 1 fully saturated rings. The highest BCUT2D eigenvalue weighted by molar-refractivity contribution is 7.22. The van der Waals surface area contributed by atoms with E-state index in [-0.39, 0.29) is 23.9 Å². The van der Waals surface area contributed by atoms with Crippen molar-refractivity contribution < 1.29 is 27.4 Å². The third kappa shape index (κ3) is 6.18. The molecule has 6 nitrogen and oxygen atoms in total. The van der Waals surface area contributed by atoms with Crippen LogP contribution < -0.4 is 9.64 Å². The van der Waals surface area contributed by atoms with E-state index in [4.69, 9.17) is 9.47 Å². The van der Waals surface area contributed by atoms with Gasteiger partial charge in [-0.1, -0.05) is 11.3 Å². The first-order valence-corrected chi connectivity index (χ1v) is 11.4. The SMILES string of the molecule is COc1ccc2sc(N(CCCN3CCOCC3)C(=O)c3ccc(C(F)(F)F)cc3)nc2c1.Cl. The van der Waals surface area contributed by atoms with Gasteiger partial charge in [0.15, 0.2) is 5.13 Å². The average molecular weight is 516 g/mol. The Kier molecular flexibility index (Phi) is 8.75. The number of aromatic nitrogens is 1. The van der Waals surface area contributed by atoms with Crippen molar-refractivity contribution in [1.29, 1.82) is 0 Å². The molecule has 2 heterocycles. The number of fused-ring (bicyclic) bond motifs is 1. The lowest BCUT2D eigenvalue weighted by molar-refractivity contribution is -0.137. The molecule has 0 atom stereocenters. The number of carbonyl (C=O) groups excluding carboxylic acids is 1. The third-order valence-electron chi connectivity index (χ3n) is 5.48. The smallest absolute Gasteiger partial charge is 0.416 e. The van der Waals surface area contributed by atoms with Crippen LogP contribution in [0.4, 0.5) is 18.3 Å². The summed E-state index contributed by atoms with van der Waals surface area (Å²) in [5, 5.41) is 0.505.